The molecule has 2 aromatic carbocycles. The van der Waals surface area contributed by atoms with Crippen molar-refractivity contribution >= 4 is 11.6 Å². The van der Waals surface area contributed by atoms with Crippen LogP contribution in [0.5, 0.6) is 11.5 Å². The van der Waals surface area contributed by atoms with Gasteiger partial charge in [-0.15, -0.1) is 0 Å². The molecule has 3 rings (SSSR count). The molecule has 0 saturated carbocycles. The van der Waals surface area contributed by atoms with E-state index in [1.807, 2.05) is 62.4 Å². The summed E-state index contributed by atoms with van der Waals surface area (Å²) in [4.78, 5) is 12.1. The first-order valence-electron chi connectivity index (χ1n) is 8.84. The Morgan fingerprint density at radius 2 is 1.70 bits per heavy atom. The predicted octanol–water partition coefficient (Wildman–Crippen LogP) is 4.06. The van der Waals surface area contributed by atoms with Gasteiger partial charge >= 0.3 is 0 Å². The summed E-state index contributed by atoms with van der Waals surface area (Å²) in [7, 11) is 0. The van der Waals surface area contributed by atoms with Gasteiger partial charge in [-0.25, -0.2) is 0 Å². The molecular formula is C21H23N3O3. The molecular weight excluding hydrogens is 342 g/mol. The number of benzene rings is 2. The van der Waals surface area contributed by atoms with Crippen molar-refractivity contribution in [1.82, 2.24) is 9.78 Å². The second kappa shape index (κ2) is 8.89. The van der Waals surface area contributed by atoms with Gasteiger partial charge in [0.05, 0.1) is 11.9 Å². The molecule has 0 aliphatic rings. The van der Waals surface area contributed by atoms with Crippen molar-refractivity contribution < 1.29 is 14.3 Å². The van der Waals surface area contributed by atoms with Gasteiger partial charge in [0, 0.05) is 12.2 Å². The van der Waals surface area contributed by atoms with Crippen molar-refractivity contribution in [1.29, 1.82) is 0 Å². The summed E-state index contributed by atoms with van der Waals surface area (Å²) in [5.74, 6) is 0.874. The average Bonchev–Trinajstić information content (AvgIpc) is 3.15. The van der Waals surface area contributed by atoms with E-state index < -0.39 is 0 Å². The number of nitrogens with one attached hydrogen (secondary N) is 1. The molecule has 0 spiro atoms. The predicted molar refractivity (Wildman–Crippen MR) is 104 cm³/mol. The van der Waals surface area contributed by atoms with Gasteiger partial charge in [-0.05, 0) is 31.5 Å². The Labute approximate surface area is 158 Å². The zero-order valence-electron chi connectivity index (χ0n) is 15.5. The molecule has 1 heterocycles. The lowest BCUT2D eigenvalue weighted by atomic mass is 10.2. The largest absolute Gasteiger partial charge is 0.485 e. The lowest BCUT2D eigenvalue weighted by molar-refractivity contribution is -0.118. The summed E-state index contributed by atoms with van der Waals surface area (Å²) in [6.45, 7) is 4.36. The number of hydrogen-bond acceptors (Lipinski definition) is 4. The van der Waals surface area contributed by atoms with Gasteiger partial charge in [-0.2, -0.15) is 5.10 Å². The standard InChI is InChI=1S/C21H23N3O3/c1-16(2)24-13-18(12-22-24)23-21(25)15-27-20-11-7-6-10-19(20)26-14-17-8-4-3-5-9-17/h3-13,16H,14-15H2,1-2H3,(H,23,25). The third kappa shape index (κ3) is 5.34. The van der Waals surface area contributed by atoms with Gasteiger partial charge in [0.25, 0.3) is 5.91 Å². The third-order valence-corrected chi connectivity index (χ3v) is 3.86. The van der Waals surface area contributed by atoms with Crippen molar-refractivity contribution in [3.8, 4) is 11.5 Å². The molecule has 1 amide bonds. The topological polar surface area (TPSA) is 65.4 Å². The van der Waals surface area contributed by atoms with E-state index in [2.05, 4.69) is 10.4 Å². The number of hydrogen-bond donors (Lipinski definition) is 1. The third-order valence-electron chi connectivity index (χ3n) is 3.86. The molecule has 0 bridgehead atoms. The van der Waals surface area contributed by atoms with Crippen LogP contribution in [-0.2, 0) is 11.4 Å². The van der Waals surface area contributed by atoms with E-state index in [9.17, 15) is 4.79 Å². The lowest BCUT2D eigenvalue weighted by Crippen LogP contribution is -2.20. The zero-order chi connectivity index (χ0) is 19.1. The summed E-state index contributed by atoms with van der Waals surface area (Å²) in [5.41, 5.74) is 1.71. The number of carbonyl (C=O) groups is 1. The first-order valence-corrected chi connectivity index (χ1v) is 8.84. The van der Waals surface area contributed by atoms with E-state index in [4.69, 9.17) is 9.47 Å². The van der Waals surface area contributed by atoms with Gasteiger partial charge in [0.15, 0.2) is 18.1 Å². The normalized spacial score (nSPS) is 10.6. The summed E-state index contributed by atoms with van der Waals surface area (Å²) in [6, 6.07) is 17.4. The number of para-hydroxylation sites is 2. The molecule has 0 unspecified atom stereocenters. The Kier molecular flexibility index (Phi) is 6.10. The lowest BCUT2D eigenvalue weighted by Gasteiger charge is -2.12. The first-order chi connectivity index (χ1) is 13.1. The SMILES string of the molecule is CC(C)n1cc(NC(=O)COc2ccccc2OCc2ccccc2)cn1. The number of amides is 1. The van der Waals surface area contributed by atoms with Crippen LogP contribution >= 0.6 is 0 Å². The van der Waals surface area contributed by atoms with Crippen LogP contribution in [0.15, 0.2) is 67.0 Å². The highest BCUT2D eigenvalue weighted by molar-refractivity contribution is 5.91. The van der Waals surface area contributed by atoms with Crippen LogP contribution < -0.4 is 14.8 Å². The fourth-order valence-electron chi connectivity index (χ4n) is 2.45. The minimum Gasteiger partial charge on any atom is -0.485 e. The molecule has 1 N–H and O–H groups in total. The molecule has 0 radical (unpaired) electrons. The monoisotopic (exact) mass is 365 g/mol. The summed E-state index contributed by atoms with van der Waals surface area (Å²) >= 11 is 0. The molecule has 6 nitrogen and oxygen atoms in total. The highest BCUT2D eigenvalue weighted by Gasteiger charge is 2.10. The van der Waals surface area contributed by atoms with Gasteiger partial charge in [0.2, 0.25) is 0 Å². The second-order valence-corrected chi connectivity index (χ2v) is 6.36. The molecule has 0 fully saturated rings. The Bertz CT molecular complexity index is 875. The van der Waals surface area contributed by atoms with Crippen molar-refractivity contribution in [3.05, 3.63) is 72.6 Å². The zero-order valence-corrected chi connectivity index (χ0v) is 15.5. The van der Waals surface area contributed by atoms with Gasteiger partial charge in [-0.1, -0.05) is 42.5 Å². The van der Waals surface area contributed by atoms with E-state index in [1.165, 1.54) is 0 Å². The number of anilines is 1. The van der Waals surface area contributed by atoms with Crippen LogP contribution in [-0.4, -0.2) is 22.3 Å². The fraction of sp³-hybridized carbons (Fsp3) is 0.238. The fourth-order valence-corrected chi connectivity index (χ4v) is 2.45. The molecule has 6 heteroatoms. The van der Waals surface area contributed by atoms with Gasteiger partial charge in [0.1, 0.15) is 6.61 Å². The van der Waals surface area contributed by atoms with Gasteiger partial charge in [-0.3, -0.25) is 9.48 Å². The van der Waals surface area contributed by atoms with E-state index in [-0.39, 0.29) is 18.6 Å². The van der Waals surface area contributed by atoms with Crippen LogP contribution in [0.4, 0.5) is 5.69 Å². The quantitative estimate of drug-likeness (QED) is 0.654. The van der Waals surface area contributed by atoms with E-state index >= 15 is 0 Å². The molecule has 0 saturated heterocycles. The van der Waals surface area contributed by atoms with Crippen LogP contribution in [0.25, 0.3) is 0 Å². The van der Waals surface area contributed by atoms with Crippen molar-refractivity contribution in [2.45, 2.75) is 26.5 Å². The molecule has 0 aliphatic heterocycles. The average molecular weight is 365 g/mol. The van der Waals surface area contributed by atoms with Crippen molar-refractivity contribution in [2.75, 3.05) is 11.9 Å². The molecule has 3 aromatic rings. The minimum atomic E-state index is -0.254. The van der Waals surface area contributed by atoms with Crippen molar-refractivity contribution in [2.24, 2.45) is 0 Å². The molecule has 0 aliphatic carbocycles. The van der Waals surface area contributed by atoms with E-state index in [1.54, 1.807) is 23.1 Å². The Balaban J connectivity index is 1.54. The van der Waals surface area contributed by atoms with E-state index in [0.717, 1.165) is 5.56 Å². The number of carbonyl (C=O) groups excluding carboxylic acids is 1. The van der Waals surface area contributed by atoms with Crippen LogP contribution in [0.2, 0.25) is 0 Å². The molecule has 27 heavy (non-hydrogen) atoms. The highest BCUT2D eigenvalue weighted by atomic mass is 16.5. The summed E-state index contributed by atoms with van der Waals surface area (Å²) < 4.78 is 13.3. The molecule has 140 valence electrons. The molecule has 0 atom stereocenters. The number of rotatable bonds is 8. The van der Waals surface area contributed by atoms with Crippen LogP contribution in [0.1, 0.15) is 25.5 Å². The number of nitrogens with zero attached hydrogens (tertiary/aromatic N) is 2. The minimum absolute atomic E-state index is 0.113. The maximum atomic E-state index is 12.1. The van der Waals surface area contributed by atoms with Crippen molar-refractivity contribution in [3.63, 3.8) is 0 Å². The summed E-state index contributed by atoms with van der Waals surface area (Å²) in [5, 5.41) is 6.97. The van der Waals surface area contributed by atoms with Crippen LogP contribution in [0.3, 0.4) is 0 Å². The number of ether oxygens (including phenoxy) is 2. The summed E-state index contributed by atoms with van der Waals surface area (Å²) in [6.07, 6.45) is 3.41. The maximum Gasteiger partial charge on any atom is 0.262 e. The van der Waals surface area contributed by atoms with Crippen LogP contribution in [0, 0.1) is 0 Å². The molecule has 1 aromatic heterocycles. The highest BCUT2D eigenvalue weighted by Crippen LogP contribution is 2.27. The first kappa shape index (κ1) is 18.5. The number of aromatic nitrogens is 2. The van der Waals surface area contributed by atoms with E-state index in [0.29, 0.717) is 23.8 Å². The van der Waals surface area contributed by atoms with Gasteiger partial charge < -0.3 is 14.8 Å². The Morgan fingerprint density at radius 3 is 2.37 bits per heavy atom. The Morgan fingerprint density at radius 1 is 1.04 bits per heavy atom. The Hall–Kier alpha value is -3.28. The maximum absolute atomic E-state index is 12.1. The second-order valence-electron chi connectivity index (χ2n) is 6.36. The smallest absolute Gasteiger partial charge is 0.262 e.